The van der Waals surface area contributed by atoms with Crippen LogP contribution in [0.1, 0.15) is 41.0 Å². The molecule has 0 aliphatic heterocycles. The lowest BCUT2D eigenvalue weighted by Gasteiger charge is -2.26. The van der Waals surface area contributed by atoms with Crippen LogP contribution in [0.25, 0.3) is 0 Å². The van der Waals surface area contributed by atoms with Gasteiger partial charge < -0.3 is 21.9 Å². The summed E-state index contributed by atoms with van der Waals surface area (Å²) in [5, 5.41) is 12.5. The molecular formula is C14H21N3O3. The van der Waals surface area contributed by atoms with Crippen molar-refractivity contribution in [3.63, 3.8) is 0 Å². The van der Waals surface area contributed by atoms with E-state index in [0.717, 1.165) is 6.42 Å². The Kier molecular flexibility index (Phi) is 5.10. The Morgan fingerprint density at radius 1 is 1.20 bits per heavy atom. The van der Waals surface area contributed by atoms with E-state index < -0.39 is 11.8 Å². The maximum atomic E-state index is 11.2. The third-order valence-corrected chi connectivity index (χ3v) is 3.46. The summed E-state index contributed by atoms with van der Waals surface area (Å²) in [7, 11) is 0. The molecule has 1 aromatic rings. The Hall–Kier alpha value is -2.08. The van der Waals surface area contributed by atoms with Crippen LogP contribution in [-0.4, -0.2) is 30.1 Å². The summed E-state index contributed by atoms with van der Waals surface area (Å²) in [5.41, 5.74) is 11.2. The summed E-state index contributed by atoms with van der Waals surface area (Å²) in [4.78, 5) is 22.5. The molecule has 20 heavy (non-hydrogen) atoms. The lowest BCUT2D eigenvalue weighted by molar-refractivity contribution is 0.0999. The molecule has 0 bridgehead atoms. The van der Waals surface area contributed by atoms with Gasteiger partial charge in [-0.1, -0.05) is 13.8 Å². The van der Waals surface area contributed by atoms with E-state index in [2.05, 4.69) is 5.32 Å². The second kappa shape index (κ2) is 6.38. The molecule has 1 unspecified atom stereocenters. The first-order valence-corrected chi connectivity index (χ1v) is 6.41. The summed E-state index contributed by atoms with van der Waals surface area (Å²) in [6.45, 7) is 4.45. The number of benzene rings is 1. The van der Waals surface area contributed by atoms with Gasteiger partial charge in [0.05, 0.1) is 6.61 Å². The normalized spacial score (nSPS) is 13.6. The number of aliphatic hydroxyl groups is 1. The Bertz CT molecular complexity index is 478. The van der Waals surface area contributed by atoms with Crippen LogP contribution in [0.15, 0.2) is 18.2 Å². The summed E-state index contributed by atoms with van der Waals surface area (Å²) >= 11 is 0. The van der Waals surface area contributed by atoms with Crippen molar-refractivity contribution in [2.24, 2.45) is 16.9 Å². The Morgan fingerprint density at radius 3 is 2.05 bits per heavy atom. The molecule has 6 heteroatoms. The highest BCUT2D eigenvalue weighted by molar-refractivity contribution is 5.99. The van der Waals surface area contributed by atoms with E-state index in [1.165, 1.54) is 6.07 Å². The van der Waals surface area contributed by atoms with E-state index in [9.17, 15) is 14.7 Å². The van der Waals surface area contributed by atoms with Crippen LogP contribution < -0.4 is 16.8 Å². The number of primary amides is 2. The van der Waals surface area contributed by atoms with Crippen LogP contribution in [0.4, 0.5) is 5.69 Å². The predicted molar refractivity (Wildman–Crippen MR) is 77.5 cm³/mol. The Labute approximate surface area is 118 Å². The van der Waals surface area contributed by atoms with Gasteiger partial charge in [-0.05, 0) is 24.6 Å². The van der Waals surface area contributed by atoms with Gasteiger partial charge in [-0.25, -0.2) is 0 Å². The summed E-state index contributed by atoms with van der Waals surface area (Å²) in [5.74, 6) is -1.26. The molecule has 0 saturated heterocycles. The number of carbonyl (C=O) groups excluding carboxylic acids is 2. The van der Waals surface area contributed by atoms with Gasteiger partial charge in [0, 0.05) is 28.8 Å². The van der Waals surface area contributed by atoms with Crippen molar-refractivity contribution in [3.05, 3.63) is 29.3 Å². The second-order valence-electron chi connectivity index (χ2n) is 5.20. The highest BCUT2D eigenvalue weighted by atomic mass is 16.3. The van der Waals surface area contributed by atoms with Crippen molar-refractivity contribution in [1.82, 2.24) is 0 Å². The monoisotopic (exact) mass is 279 g/mol. The van der Waals surface area contributed by atoms with Gasteiger partial charge >= 0.3 is 0 Å². The zero-order chi connectivity index (χ0) is 15.3. The molecule has 0 aromatic heterocycles. The third-order valence-electron chi connectivity index (χ3n) is 3.46. The number of hydrogen-bond donors (Lipinski definition) is 4. The van der Waals surface area contributed by atoms with Gasteiger partial charge in [-0.15, -0.1) is 0 Å². The van der Waals surface area contributed by atoms with E-state index in [1.54, 1.807) is 12.1 Å². The van der Waals surface area contributed by atoms with Crippen LogP contribution in [0.5, 0.6) is 0 Å². The lowest BCUT2D eigenvalue weighted by Crippen LogP contribution is -2.29. The fourth-order valence-corrected chi connectivity index (χ4v) is 1.62. The Balaban J connectivity index is 3.00. The van der Waals surface area contributed by atoms with Crippen LogP contribution in [0.2, 0.25) is 0 Å². The van der Waals surface area contributed by atoms with Crippen molar-refractivity contribution in [2.75, 3.05) is 18.5 Å². The topological polar surface area (TPSA) is 118 Å². The highest BCUT2D eigenvalue weighted by Crippen LogP contribution is 2.22. The molecule has 110 valence electrons. The van der Waals surface area contributed by atoms with Gasteiger partial charge in [0.1, 0.15) is 0 Å². The van der Waals surface area contributed by atoms with Crippen molar-refractivity contribution in [3.8, 4) is 0 Å². The number of nitrogens with two attached hydrogens (primary N) is 2. The van der Waals surface area contributed by atoms with Gasteiger partial charge in [-0.3, -0.25) is 9.59 Å². The number of nitrogens with one attached hydrogen (secondary N) is 1. The van der Waals surface area contributed by atoms with E-state index in [0.29, 0.717) is 12.2 Å². The van der Waals surface area contributed by atoms with Crippen molar-refractivity contribution in [1.29, 1.82) is 0 Å². The van der Waals surface area contributed by atoms with Gasteiger partial charge in [0.2, 0.25) is 11.8 Å². The minimum absolute atomic E-state index is 0.0364. The quantitative estimate of drug-likeness (QED) is 0.587. The van der Waals surface area contributed by atoms with Crippen molar-refractivity contribution < 1.29 is 14.7 Å². The van der Waals surface area contributed by atoms with Crippen LogP contribution in [0, 0.1) is 5.41 Å². The van der Waals surface area contributed by atoms with E-state index >= 15 is 0 Å². The molecule has 0 radical (unpaired) electrons. The molecule has 0 aliphatic rings. The van der Waals surface area contributed by atoms with Crippen LogP contribution >= 0.6 is 0 Å². The lowest BCUT2D eigenvalue weighted by atomic mass is 9.88. The minimum atomic E-state index is -0.628. The van der Waals surface area contributed by atoms with E-state index in [-0.39, 0.29) is 23.1 Å². The van der Waals surface area contributed by atoms with Crippen molar-refractivity contribution >= 4 is 17.5 Å². The largest absolute Gasteiger partial charge is 0.396 e. The molecule has 0 spiro atoms. The molecule has 1 rings (SSSR count). The maximum absolute atomic E-state index is 11.2. The van der Waals surface area contributed by atoms with Gasteiger partial charge in [0.15, 0.2) is 0 Å². The molecule has 6 N–H and O–H groups in total. The first-order valence-electron chi connectivity index (χ1n) is 6.41. The standard InChI is InChI=1S/C14H21N3O3/c1-3-14(2,8-18)7-17-11-5-9(12(15)19)4-10(6-11)13(16)20/h4-6,17-18H,3,7-8H2,1-2H3,(H2,15,19)(H2,16,20). The zero-order valence-corrected chi connectivity index (χ0v) is 11.8. The average Bonchev–Trinajstić information content (AvgIpc) is 2.44. The summed E-state index contributed by atoms with van der Waals surface area (Å²) < 4.78 is 0. The number of aliphatic hydroxyl groups excluding tert-OH is 1. The Morgan fingerprint density at radius 2 is 1.70 bits per heavy atom. The first-order chi connectivity index (χ1) is 9.31. The molecular weight excluding hydrogens is 258 g/mol. The maximum Gasteiger partial charge on any atom is 0.248 e. The number of anilines is 1. The fraction of sp³-hybridized carbons (Fsp3) is 0.429. The van der Waals surface area contributed by atoms with E-state index in [4.69, 9.17) is 11.5 Å². The van der Waals surface area contributed by atoms with Gasteiger partial charge in [-0.2, -0.15) is 0 Å². The molecule has 0 heterocycles. The molecule has 6 nitrogen and oxygen atoms in total. The third kappa shape index (κ3) is 3.96. The SMILES string of the molecule is CCC(C)(CO)CNc1cc(C(N)=O)cc(C(N)=O)c1. The zero-order valence-electron chi connectivity index (χ0n) is 11.8. The first kappa shape index (κ1) is 16.0. The summed E-state index contributed by atoms with van der Waals surface area (Å²) in [6.07, 6.45) is 0.786. The van der Waals surface area contributed by atoms with Crippen LogP contribution in [0.3, 0.4) is 0 Å². The van der Waals surface area contributed by atoms with Crippen molar-refractivity contribution in [2.45, 2.75) is 20.3 Å². The van der Waals surface area contributed by atoms with E-state index in [1.807, 2.05) is 13.8 Å². The minimum Gasteiger partial charge on any atom is -0.396 e. The molecule has 1 atom stereocenters. The summed E-state index contributed by atoms with van der Waals surface area (Å²) in [6, 6.07) is 4.48. The fourth-order valence-electron chi connectivity index (χ4n) is 1.62. The second-order valence-corrected chi connectivity index (χ2v) is 5.20. The predicted octanol–water partition coefficient (Wildman–Crippen LogP) is 0.705. The molecule has 1 aromatic carbocycles. The number of hydrogen-bond acceptors (Lipinski definition) is 4. The number of rotatable bonds is 7. The average molecular weight is 279 g/mol. The number of carbonyl (C=O) groups is 2. The number of amides is 2. The molecule has 0 saturated carbocycles. The highest BCUT2D eigenvalue weighted by Gasteiger charge is 2.21. The smallest absolute Gasteiger partial charge is 0.248 e. The van der Waals surface area contributed by atoms with Crippen LogP contribution in [-0.2, 0) is 0 Å². The molecule has 0 fully saturated rings. The molecule has 0 aliphatic carbocycles. The van der Waals surface area contributed by atoms with Gasteiger partial charge in [0.25, 0.3) is 0 Å². The molecule has 2 amide bonds.